The lowest BCUT2D eigenvalue weighted by Gasteiger charge is -2.36. The van der Waals surface area contributed by atoms with Gasteiger partial charge in [-0.1, -0.05) is 19.1 Å². The van der Waals surface area contributed by atoms with E-state index in [2.05, 4.69) is 10.6 Å². The third kappa shape index (κ3) is 5.45. The molecule has 1 saturated heterocycles. The zero-order chi connectivity index (χ0) is 20.8. The lowest BCUT2D eigenvalue weighted by atomic mass is 9.88. The molecule has 8 heteroatoms. The lowest BCUT2D eigenvalue weighted by molar-refractivity contribution is -0.125. The number of amides is 3. The summed E-state index contributed by atoms with van der Waals surface area (Å²) in [6, 6.07) is 6.73. The average molecular weight is 434 g/mol. The maximum atomic E-state index is 12.9. The number of hydrogen-bond acceptors (Lipinski definition) is 5. The monoisotopic (exact) mass is 433 g/mol. The van der Waals surface area contributed by atoms with Crippen LogP contribution >= 0.6 is 22.7 Å². The van der Waals surface area contributed by atoms with Gasteiger partial charge in [-0.3, -0.25) is 14.4 Å². The molecule has 0 aromatic carbocycles. The van der Waals surface area contributed by atoms with Crippen LogP contribution in [0.2, 0.25) is 0 Å². The van der Waals surface area contributed by atoms with Crippen LogP contribution in [0.25, 0.3) is 0 Å². The molecule has 2 aromatic rings. The van der Waals surface area contributed by atoms with Crippen molar-refractivity contribution in [3.05, 3.63) is 44.8 Å². The van der Waals surface area contributed by atoms with Gasteiger partial charge < -0.3 is 15.5 Å². The molecular formula is C21H27N3O3S2. The van der Waals surface area contributed by atoms with Crippen LogP contribution in [0.1, 0.15) is 52.5 Å². The van der Waals surface area contributed by atoms with Gasteiger partial charge in [-0.2, -0.15) is 0 Å². The summed E-state index contributed by atoms with van der Waals surface area (Å²) in [5.74, 6) is -0.328. The highest BCUT2D eigenvalue weighted by atomic mass is 32.1. The Kier molecular flexibility index (Phi) is 7.44. The zero-order valence-electron chi connectivity index (χ0n) is 16.7. The van der Waals surface area contributed by atoms with Gasteiger partial charge in [-0.15, -0.1) is 22.7 Å². The molecule has 2 unspecified atom stereocenters. The summed E-state index contributed by atoms with van der Waals surface area (Å²) in [6.07, 6.45) is 2.19. The van der Waals surface area contributed by atoms with Crippen LogP contribution in [0.4, 0.5) is 0 Å². The van der Waals surface area contributed by atoms with E-state index >= 15 is 0 Å². The number of likely N-dealkylation sites (tertiary alicyclic amines) is 1. The van der Waals surface area contributed by atoms with Crippen molar-refractivity contribution in [1.29, 1.82) is 0 Å². The van der Waals surface area contributed by atoms with E-state index in [0.717, 1.165) is 11.3 Å². The molecule has 0 radical (unpaired) electrons. The molecule has 156 valence electrons. The van der Waals surface area contributed by atoms with Gasteiger partial charge in [0.05, 0.1) is 9.75 Å². The summed E-state index contributed by atoms with van der Waals surface area (Å²) < 4.78 is 0. The predicted octanol–water partition coefficient (Wildman–Crippen LogP) is 3.38. The highest BCUT2D eigenvalue weighted by Crippen LogP contribution is 2.24. The number of carbonyl (C=O) groups is 3. The summed E-state index contributed by atoms with van der Waals surface area (Å²) in [5, 5.41) is 9.70. The SMILES string of the molecule is CCC(C)NC(=O)C(NC(=O)c1cccs1)C1CCN(C(=O)c2cccs2)CC1. The minimum absolute atomic E-state index is 0.00430. The van der Waals surface area contributed by atoms with Crippen LogP contribution in [-0.2, 0) is 4.79 Å². The predicted molar refractivity (Wildman–Crippen MR) is 116 cm³/mol. The standard InChI is InChI=1S/C21H27N3O3S2/c1-3-14(2)22-20(26)18(23-19(25)16-6-4-12-28-16)15-8-10-24(11-9-15)21(27)17-7-5-13-29-17/h4-7,12-15,18H,3,8-11H2,1-2H3,(H,22,26)(H,23,25). The highest BCUT2D eigenvalue weighted by molar-refractivity contribution is 7.12. The van der Waals surface area contributed by atoms with Gasteiger partial charge in [-0.25, -0.2) is 0 Å². The lowest BCUT2D eigenvalue weighted by Crippen LogP contribution is -2.55. The van der Waals surface area contributed by atoms with Gasteiger partial charge in [0.25, 0.3) is 11.8 Å². The van der Waals surface area contributed by atoms with Crippen LogP contribution in [0.3, 0.4) is 0 Å². The number of rotatable bonds is 7. The number of nitrogens with zero attached hydrogens (tertiary/aromatic N) is 1. The molecule has 0 saturated carbocycles. The Balaban J connectivity index is 1.66. The first-order valence-electron chi connectivity index (χ1n) is 9.97. The molecule has 1 aliphatic heterocycles. The van der Waals surface area contributed by atoms with Crippen molar-refractivity contribution >= 4 is 40.4 Å². The molecule has 0 bridgehead atoms. The molecule has 29 heavy (non-hydrogen) atoms. The summed E-state index contributed by atoms with van der Waals surface area (Å²) in [6.45, 7) is 5.14. The summed E-state index contributed by atoms with van der Waals surface area (Å²) in [5.41, 5.74) is 0. The third-order valence-corrected chi connectivity index (χ3v) is 7.07. The molecule has 1 aliphatic rings. The number of nitrogens with one attached hydrogen (secondary N) is 2. The van der Waals surface area contributed by atoms with Gasteiger partial charge in [0.1, 0.15) is 6.04 Å². The zero-order valence-corrected chi connectivity index (χ0v) is 18.4. The quantitative estimate of drug-likeness (QED) is 0.703. The van der Waals surface area contributed by atoms with Crippen LogP contribution < -0.4 is 10.6 Å². The van der Waals surface area contributed by atoms with Gasteiger partial charge >= 0.3 is 0 Å². The number of thiophene rings is 2. The Labute approximate surface area is 179 Å². The van der Waals surface area contributed by atoms with Crippen molar-refractivity contribution in [3.63, 3.8) is 0 Å². The number of carbonyl (C=O) groups excluding carboxylic acids is 3. The van der Waals surface area contributed by atoms with E-state index < -0.39 is 6.04 Å². The first kappa shape index (κ1) is 21.5. The summed E-state index contributed by atoms with van der Waals surface area (Å²) >= 11 is 2.80. The molecule has 1 fully saturated rings. The molecular weight excluding hydrogens is 406 g/mol. The van der Waals surface area contributed by atoms with E-state index in [-0.39, 0.29) is 29.7 Å². The van der Waals surface area contributed by atoms with E-state index in [0.29, 0.717) is 30.8 Å². The van der Waals surface area contributed by atoms with Crippen LogP contribution in [0, 0.1) is 5.92 Å². The summed E-state index contributed by atoms with van der Waals surface area (Å²) in [7, 11) is 0. The van der Waals surface area contributed by atoms with Crippen molar-refractivity contribution in [2.24, 2.45) is 5.92 Å². The minimum Gasteiger partial charge on any atom is -0.352 e. The number of hydrogen-bond donors (Lipinski definition) is 2. The van der Waals surface area contributed by atoms with Crippen LogP contribution in [0.5, 0.6) is 0 Å². The van der Waals surface area contributed by atoms with E-state index in [1.54, 1.807) is 6.07 Å². The molecule has 6 nitrogen and oxygen atoms in total. The van der Waals surface area contributed by atoms with Crippen LogP contribution in [-0.4, -0.2) is 47.8 Å². The maximum absolute atomic E-state index is 12.9. The molecule has 2 atom stereocenters. The molecule has 3 rings (SSSR count). The Hall–Kier alpha value is -2.19. The van der Waals surface area contributed by atoms with E-state index in [1.165, 1.54) is 22.7 Å². The Morgan fingerprint density at radius 1 is 1.07 bits per heavy atom. The molecule has 0 spiro atoms. The first-order chi connectivity index (χ1) is 14.0. The van der Waals surface area contributed by atoms with Gasteiger partial charge in [-0.05, 0) is 55.0 Å². The molecule has 2 N–H and O–H groups in total. The minimum atomic E-state index is -0.599. The van der Waals surface area contributed by atoms with E-state index in [1.807, 2.05) is 47.7 Å². The van der Waals surface area contributed by atoms with Gasteiger partial charge in [0, 0.05) is 19.1 Å². The second-order valence-electron chi connectivity index (χ2n) is 7.35. The van der Waals surface area contributed by atoms with Gasteiger partial charge in [0.15, 0.2) is 0 Å². The fraction of sp³-hybridized carbons (Fsp3) is 0.476. The first-order valence-corrected chi connectivity index (χ1v) is 11.7. The fourth-order valence-electron chi connectivity index (χ4n) is 3.44. The van der Waals surface area contributed by atoms with Crippen molar-refractivity contribution < 1.29 is 14.4 Å². The Bertz CT molecular complexity index is 812. The summed E-state index contributed by atoms with van der Waals surface area (Å²) in [4.78, 5) is 41.3. The molecule has 2 aromatic heterocycles. The third-order valence-electron chi connectivity index (χ3n) is 5.35. The largest absolute Gasteiger partial charge is 0.352 e. The Morgan fingerprint density at radius 3 is 2.24 bits per heavy atom. The second-order valence-corrected chi connectivity index (χ2v) is 9.25. The normalized spacial score (nSPS) is 16.8. The maximum Gasteiger partial charge on any atom is 0.263 e. The number of piperidine rings is 1. The molecule has 3 amide bonds. The smallest absolute Gasteiger partial charge is 0.263 e. The van der Waals surface area contributed by atoms with Crippen molar-refractivity contribution in [2.45, 2.75) is 45.2 Å². The highest BCUT2D eigenvalue weighted by Gasteiger charge is 2.34. The topological polar surface area (TPSA) is 78.5 Å². The van der Waals surface area contributed by atoms with Crippen molar-refractivity contribution in [2.75, 3.05) is 13.1 Å². The van der Waals surface area contributed by atoms with Crippen molar-refractivity contribution in [1.82, 2.24) is 15.5 Å². The van der Waals surface area contributed by atoms with E-state index in [9.17, 15) is 14.4 Å². The van der Waals surface area contributed by atoms with E-state index in [4.69, 9.17) is 0 Å². The Morgan fingerprint density at radius 2 is 1.69 bits per heavy atom. The fourth-order valence-corrected chi connectivity index (χ4v) is 4.76. The molecule has 0 aliphatic carbocycles. The second kappa shape index (κ2) is 10.0. The van der Waals surface area contributed by atoms with Gasteiger partial charge in [0.2, 0.25) is 5.91 Å². The molecule has 3 heterocycles. The average Bonchev–Trinajstić information content (AvgIpc) is 3.45. The van der Waals surface area contributed by atoms with Crippen LogP contribution in [0.15, 0.2) is 35.0 Å². The van der Waals surface area contributed by atoms with Crippen molar-refractivity contribution in [3.8, 4) is 0 Å².